The first kappa shape index (κ1) is 18.7. The van der Waals surface area contributed by atoms with Crippen LogP contribution >= 0.6 is 34.8 Å². The van der Waals surface area contributed by atoms with E-state index in [4.69, 9.17) is 34.8 Å². The standard InChI is InChI=1S/C13H14Cl3FN2O3S/c14-13(15,16)12(20)19-11-7-23(21,22)6-10(11)18-5-8-2-1-3-9(17)4-8/h1-4,10-11,18H,5-7H2,(H,19,20)/t10-,11-/m0/s1. The Morgan fingerprint density at radius 1 is 1.26 bits per heavy atom. The lowest BCUT2D eigenvalue weighted by Gasteiger charge is -2.22. The zero-order valence-electron chi connectivity index (χ0n) is 11.7. The fourth-order valence-electron chi connectivity index (χ4n) is 2.34. The van der Waals surface area contributed by atoms with Crippen molar-refractivity contribution in [1.29, 1.82) is 0 Å². The number of halogens is 4. The van der Waals surface area contributed by atoms with Gasteiger partial charge in [0.25, 0.3) is 9.70 Å². The van der Waals surface area contributed by atoms with Gasteiger partial charge in [0, 0.05) is 12.6 Å². The van der Waals surface area contributed by atoms with Gasteiger partial charge >= 0.3 is 0 Å². The predicted molar refractivity (Wildman–Crippen MR) is 87.9 cm³/mol. The highest BCUT2D eigenvalue weighted by molar-refractivity contribution is 7.91. The molecule has 1 amide bonds. The lowest BCUT2D eigenvalue weighted by atomic mass is 10.1. The quantitative estimate of drug-likeness (QED) is 0.748. The number of nitrogens with one attached hydrogen (secondary N) is 2. The van der Waals surface area contributed by atoms with Crippen molar-refractivity contribution in [2.24, 2.45) is 0 Å². The Kier molecular flexibility index (Phi) is 5.79. The van der Waals surface area contributed by atoms with Crippen LogP contribution in [0.15, 0.2) is 24.3 Å². The van der Waals surface area contributed by atoms with E-state index in [0.717, 1.165) is 0 Å². The normalized spacial score (nSPS) is 23.7. The predicted octanol–water partition coefficient (Wildman–Crippen LogP) is 1.57. The highest BCUT2D eigenvalue weighted by Gasteiger charge is 2.41. The van der Waals surface area contributed by atoms with Crippen molar-refractivity contribution >= 4 is 50.5 Å². The van der Waals surface area contributed by atoms with Crippen molar-refractivity contribution in [1.82, 2.24) is 10.6 Å². The van der Waals surface area contributed by atoms with Gasteiger partial charge in [0.2, 0.25) is 0 Å². The Labute approximate surface area is 148 Å². The summed E-state index contributed by atoms with van der Waals surface area (Å²) in [5.74, 6) is -1.68. The van der Waals surface area contributed by atoms with E-state index in [9.17, 15) is 17.6 Å². The van der Waals surface area contributed by atoms with Crippen molar-refractivity contribution in [3.05, 3.63) is 35.6 Å². The number of sulfone groups is 1. The van der Waals surface area contributed by atoms with Crippen LogP contribution in [0.1, 0.15) is 5.56 Å². The third-order valence-electron chi connectivity index (χ3n) is 3.38. The maximum atomic E-state index is 13.1. The summed E-state index contributed by atoms with van der Waals surface area (Å²) in [6.07, 6.45) is 0. The Bertz CT molecular complexity index is 694. The van der Waals surface area contributed by atoms with Crippen molar-refractivity contribution in [2.45, 2.75) is 22.4 Å². The molecule has 0 aliphatic carbocycles. The molecule has 5 nitrogen and oxygen atoms in total. The summed E-state index contributed by atoms with van der Waals surface area (Å²) in [6.45, 7) is 0.248. The van der Waals surface area contributed by atoms with Gasteiger partial charge in [0.05, 0.1) is 17.5 Å². The molecule has 1 aromatic carbocycles. The van der Waals surface area contributed by atoms with Gasteiger partial charge in [-0.05, 0) is 17.7 Å². The average molecular weight is 404 g/mol. The minimum Gasteiger partial charge on any atom is -0.347 e. The van der Waals surface area contributed by atoms with Crippen LogP contribution in [0, 0.1) is 5.82 Å². The topological polar surface area (TPSA) is 75.3 Å². The van der Waals surface area contributed by atoms with Crippen molar-refractivity contribution in [3.63, 3.8) is 0 Å². The van der Waals surface area contributed by atoms with Crippen LogP contribution in [-0.2, 0) is 21.2 Å². The maximum absolute atomic E-state index is 13.1. The van der Waals surface area contributed by atoms with Crippen LogP contribution < -0.4 is 10.6 Å². The zero-order valence-corrected chi connectivity index (χ0v) is 14.8. The van der Waals surface area contributed by atoms with Gasteiger partial charge < -0.3 is 10.6 Å². The molecule has 2 rings (SSSR count). The van der Waals surface area contributed by atoms with Crippen LogP contribution in [0.5, 0.6) is 0 Å². The second kappa shape index (κ2) is 7.11. The van der Waals surface area contributed by atoms with Crippen molar-refractivity contribution in [3.8, 4) is 0 Å². The zero-order chi connectivity index (χ0) is 17.3. The van der Waals surface area contributed by atoms with Crippen LogP contribution in [0.3, 0.4) is 0 Å². The number of carbonyl (C=O) groups excluding carboxylic acids is 1. The molecule has 23 heavy (non-hydrogen) atoms. The molecule has 0 bridgehead atoms. The fraction of sp³-hybridized carbons (Fsp3) is 0.462. The van der Waals surface area contributed by atoms with E-state index in [0.29, 0.717) is 5.56 Å². The number of rotatable bonds is 4. The molecule has 0 radical (unpaired) electrons. The molecule has 1 heterocycles. The Morgan fingerprint density at radius 3 is 2.52 bits per heavy atom. The maximum Gasteiger partial charge on any atom is 0.272 e. The molecule has 1 aliphatic rings. The molecule has 1 aromatic rings. The molecule has 2 N–H and O–H groups in total. The highest BCUT2D eigenvalue weighted by atomic mass is 35.6. The molecule has 0 saturated carbocycles. The molecule has 0 aromatic heterocycles. The number of amides is 1. The second-order valence-electron chi connectivity index (χ2n) is 5.27. The number of carbonyl (C=O) groups is 1. The molecule has 1 fully saturated rings. The van der Waals surface area contributed by atoms with Gasteiger partial charge in [0.1, 0.15) is 5.82 Å². The van der Waals surface area contributed by atoms with Crippen molar-refractivity contribution < 1.29 is 17.6 Å². The molecule has 1 aliphatic heterocycles. The molecular weight excluding hydrogens is 390 g/mol. The third-order valence-corrected chi connectivity index (χ3v) is 5.63. The average Bonchev–Trinajstić information content (AvgIpc) is 2.70. The minimum absolute atomic E-state index is 0.160. The van der Waals surface area contributed by atoms with Gasteiger partial charge in [-0.3, -0.25) is 4.79 Å². The summed E-state index contributed by atoms with van der Waals surface area (Å²) in [6, 6.07) is 4.63. The summed E-state index contributed by atoms with van der Waals surface area (Å²) in [4.78, 5) is 11.7. The van der Waals surface area contributed by atoms with Gasteiger partial charge in [0.15, 0.2) is 9.84 Å². The SMILES string of the molecule is O=C(N[C@H]1CS(=O)(=O)C[C@@H]1NCc1cccc(F)c1)C(Cl)(Cl)Cl. The first-order valence-electron chi connectivity index (χ1n) is 6.63. The lowest BCUT2D eigenvalue weighted by Crippen LogP contribution is -2.51. The summed E-state index contributed by atoms with van der Waals surface area (Å²) >= 11 is 16.4. The molecule has 128 valence electrons. The minimum atomic E-state index is -3.33. The summed E-state index contributed by atoms with van der Waals surface area (Å²) in [5.41, 5.74) is 0.653. The number of hydrogen-bond acceptors (Lipinski definition) is 4. The molecule has 0 spiro atoms. The van der Waals surface area contributed by atoms with Crippen LogP contribution in [-0.4, -0.2) is 41.7 Å². The van der Waals surface area contributed by atoms with E-state index in [1.165, 1.54) is 12.1 Å². The van der Waals surface area contributed by atoms with Crippen LogP contribution in [0.2, 0.25) is 0 Å². The molecule has 1 saturated heterocycles. The van der Waals surface area contributed by atoms with Gasteiger partial charge in [-0.1, -0.05) is 46.9 Å². The van der Waals surface area contributed by atoms with E-state index in [1.54, 1.807) is 12.1 Å². The highest BCUT2D eigenvalue weighted by Crippen LogP contribution is 2.27. The Morgan fingerprint density at radius 2 is 1.91 bits per heavy atom. The first-order valence-corrected chi connectivity index (χ1v) is 9.58. The molecule has 10 heteroatoms. The Hall–Kier alpha value is -0.600. The van der Waals surface area contributed by atoms with Crippen LogP contribution in [0.4, 0.5) is 4.39 Å². The number of alkyl halides is 3. The second-order valence-corrected chi connectivity index (χ2v) is 9.71. The third kappa shape index (κ3) is 5.46. The fourth-order valence-corrected chi connectivity index (χ4v) is 4.40. The van der Waals surface area contributed by atoms with E-state index < -0.39 is 31.6 Å². The van der Waals surface area contributed by atoms with E-state index in [-0.39, 0.29) is 23.9 Å². The monoisotopic (exact) mass is 402 g/mol. The summed E-state index contributed by atoms with van der Waals surface area (Å²) in [5, 5.41) is 5.42. The van der Waals surface area contributed by atoms with Gasteiger partial charge in [-0.25, -0.2) is 12.8 Å². The van der Waals surface area contributed by atoms with Crippen molar-refractivity contribution in [2.75, 3.05) is 11.5 Å². The van der Waals surface area contributed by atoms with Gasteiger partial charge in [-0.15, -0.1) is 0 Å². The summed E-state index contributed by atoms with van der Waals surface area (Å²) < 4.78 is 34.6. The van der Waals surface area contributed by atoms with E-state index in [1.807, 2.05) is 0 Å². The largest absolute Gasteiger partial charge is 0.347 e. The first-order chi connectivity index (χ1) is 10.6. The van der Waals surface area contributed by atoms with E-state index >= 15 is 0 Å². The Balaban J connectivity index is 2.04. The van der Waals surface area contributed by atoms with Gasteiger partial charge in [-0.2, -0.15) is 0 Å². The number of hydrogen-bond donors (Lipinski definition) is 2. The lowest BCUT2D eigenvalue weighted by molar-refractivity contribution is -0.120. The summed E-state index contributed by atoms with van der Waals surface area (Å²) in [7, 11) is -3.33. The molecular formula is C13H14Cl3FN2O3S. The van der Waals surface area contributed by atoms with E-state index in [2.05, 4.69) is 10.6 Å². The number of benzene rings is 1. The molecule has 0 unspecified atom stereocenters. The smallest absolute Gasteiger partial charge is 0.272 e. The van der Waals surface area contributed by atoms with Crippen LogP contribution in [0.25, 0.3) is 0 Å². The molecule has 2 atom stereocenters.